The number of ether oxygens (including phenoxy) is 1. The number of sulfonamides is 1. The van der Waals surface area contributed by atoms with Crippen LogP contribution in [0.5, 0.6) is 5.75 Å². The Kier molecular flexibility index (Phi) is 5.66. The maximum Gasteiger partial charge on any atom is 0.272 e. The lowest BCUT2D eigenvalue weighted by Crippen LogP contribution is -2.23. The molecule has 0 atom stereocenters. The summed E-state index contributed by atoms with van der Waals surface area (Å²) in [5.41, 5.74) is 0.371. The Hall–Kier alpha value is -3.24. The molecule has 0 aliphatic carbocycles. The number of hydrogen-bond donors (Lipinski definition) is 2. The number of carbonyl (C=O) groups is 1. The van der Waals surface area contributed by atoms with Crippen LogP contribution in [0, 0.1) is 0 Å². The standard InChI is InChI=1S/C19H20N4O5S/c1-23(2)29(26,27)17-10-12(8-9-16(17)28-3)20-18(24)11-15-13-6-4-5-7-14(13)19(25)22-21-15/h4-10H,11H2,1-3H3,(H,20,24)(H,22,25). The number of rotatable bonds is 6. The molecule has 0 saturated carbocycles. The van der Waals surface area contributed by atoms with E-state index in [1.165, 1.54) is 33.3 Å². The second-order valence-electron chi connectivity index (χ2n) is 6.42. The summed E-state index contributed by atoms with van der Waals surface area (Å²) in [5.74, 6) is -0.238. The summed E-state index contributed by atoms with van der Waals surface area (Å²) in [5, 5.41) is 10.0. The molecule has 3 rings (SSSR count). The van der Waals surface area contributed by atoms with Gasteiger partial charge in [-0.2, -0.15) is 5.10 Å². The highest BCUT2D eigenvalue weighted by molar-refractivity contribution is 7.89. The van der Waals surface area contributed by atoms with Crippen molar-refractivity contribution in [2.24, 2.45) is 0 Å². The topological polar surface area (TPSA) is 121 Å². The predicted molar refractivity (Wildman–Crippen MR) is 109 cm³/mol. The van der Waals surface area contributed by atoms with Gasteiger partial charge in [-0.05, 0) is 24.3 Å². The minimum atomic E-state index is -3.77. The summed E-state index contributed by atoms with van der Waals surface area (Å²) in [4.78, 5) is 24.3. The Balaban J connectivity index is 1.89. The number of aromatic amines is 1. The zero-order chi connectivity index (χ0) is 21.2. The Morgan fingerprint density at radius 3 is 2.52 bits per heavy atom. The highest BCUT2D eigenvalue weighted by Crippen LogP contribution is 2.29. The Morgan fingerprint density at radius 1 is 1.17 bits per heavy atom. The molecule has 0 spiro atoms. The molecule has 1 amide bonds. The molecule has 2 aromatic carbocycles. The van der Waals surface area contributed by atoms with Crippen molar-refractivity contribution < 1.29 is 17.9 Å². The molecule has 152 valence electrons. The largest absolute Gasteiger partial charge is 0.495 e. The lowest BCUT2D eigenvalue weighted by Gasteiger charge is -2.16. The Bertz CT molecular complexity index is 1230. The molecule has 29 heavy (non-hydrogen) atoms. The highest BCUT2D eigenvalue weighted by atomic mass is 32.2. The lowest BCUT2D eigenvalue weighted by molar-refractivity contribution is -0.115. The summed E-state index contributed by atoms with van der Waals surface area (Å²) in [6.45, 7) is 0. The molecular weight excluding hydrogens is 396 g/mol. The molecule has 1 aromatic heterocycles. The van der Waals surface area contributed by atoms with Gasteiger partial charge >= 0.3 is 0 Å². The van der Waals surface area contributed by atoms with Gasteiger partial charge < -0.3 is 10.1 Å². The van der Waals surface area contributed by atoms with Gasteiger partial charge in [0.1, 0.15) is 10.6 Å². The van der Waals surface area contributed by atoms with Crippen molar-refractivity contribution in [3.63, 3.8) is 0 Å². The molecule has 0 bridgehead atoms. The van der Waals surface area contributed by atoms with E-state index in [0.29, 0.717) is 22.2 Å². The fourth-order valence-electron chi connectivity index (χ4n) is 2.82. The number of H-pyrrole nitrogens is 1. The number of aromatic nitrogens is 2. The molecule has 9 nitrogen and oxygen atoms in total. The molecule has 3 aromatic rings. The van der Waals surface area contributed by atoms with Gasteiger partial charge in [-0.1, -0.05) is 18.2 Å². The third kappa shape index (κ3) is 4.13. The van der Waals surface area contributed by atoms with Gasteiger partial charge in [-0.3, -0.25) is 9.59 Å². The molecule has 0 fully saturated rings. The van der Waals surface area contributed by atoms with E-state index in [4.69, 9.17) is 4.74 Å². The number of methoxy groups -OCH3 is 1. The van der Waals surface area contributed by atoms with Crippen LogP contribution < -0.4 is 15.6 Å². The van der Waals surface area contributed by atoms with Gasteiger partial charge in [0.2, 0.25) is 15.9 Å². The van der Waals surface area contributed by atoms with Gasteiger partial charge in [0.05, 0.1) is 24.6 Å². The number of fused-ring (bicyclic) bond motifs is 1. The smallest absolute Gasteiger partial charge is 0.272 e. The van der Waals surface area contributed by atoms with Crippen LogP contribution in [0.15, 0.2) is 52.2 Å². The van der Waals surface area contributed by atoms with Gasteiger partial charge in [0.25, 0.3) is 5.56 Å². The van der Waals surface area contributed by atoms with Gasteiger partial charge in [-0.15, -0.1) is 0 Å². The van der Waals surface area contributed by atoms with Crippen LogP contribution in [0.1, 0.15) is 5.69 Å². The minimum absolute atomic E-state index is 0.0598. The van der Waals surface area contributed by atoms with Crippen molar-refractivity contribution in [3.05, 3.63) is 58.5 Å². The third-order valence-electron chi connectivity index (χ3n) is 4.31. The van der Waals surface area contributed by atoms with E-state index in [9.17, 15) is 18.0 Å². The first kappa shape index (κ1) is 20.5. The molecule has 2 N–H and O–H groups in total. The molecule has 1 heterocycles. The van der Waals surface area contributed by atoms with E-state index in [0.717, 1.165) is 4.31 Å². The maximum absolute atomic E-state index is 12.5. The van der Waals surface area contributed by atoms with Crippen LogP contribution in [0.3, 0.4) is 0 Å². The maximum atomic E-state index is 12.5. The van der Waals surface area contributed by atoms with Crippen LogP contribution in [-0.2, 0) is 21.2 Å². The van der Waals surface area contributed by atoms with E-state index >= 15 is 0 Å². The van der Waals surface area contributed by atoms with Crippen LogP contribution in [0.4, 0.5) is 5.69 Å². The van der Waals surface area contributed by atoms with E-state index in [2.05, 4.69) is 15.5 Å². The fraction of sp³-hybridized carbons (Fsp3) is 0.211. The average molecular weight is 416 g/mol. The number of amides is 1. The molecule has 10 heteroatoms. The van der Waals surface area contributed by atoms with Crippen LogP contribution in [-0.4, -0.2) is 50.0 Å². The average Bonchev–Trinajstić information content (AvgIpc) is 2.70. The van der Waals surface area contributed by atoms with Crippen molar-refractivity contribution in [1.29, 1.82) is 0 Å². The third-order valence-corrected chi connectivity index (χ3v) is 6.15. The van der Waals surface area contributed by atoms with Crippen molar-refractivity contribution in [2.45, 2.75) is 11.3 Å². The van der Waals surface area contributed by atoms with Crippen molar-refractivity contribution in [1.82, 2.24) is 14.5 Å². The quantitative estimate of drug-likeness (QED) is 0.626. The van der Waals surface area contributed by atoms with E-state index in [1.54, 1.807) is 30.3 Å². The molecule has 0 aliphatic heterocycles. The summed E-state index contributed by atoms with van der Waals surface area (Å²) >= 11 is 0. The number of carbonyl (C=O) groups excluding carboxylic acids is 1. The van der Waals surface area contributed by atoms with Crippen molar-refractivity contribution in [2.75, 3.05) is 26.5 Å². The van der Waals surface area contributed by atoms with Crippen molar-refractivity contribution >= 4 is 32.4 Å². The van der Waals surface area contributed by atoms with E-state index in [-0.39, 0.29) is 22.6 Å². The first-order valence-corrected chi connectivity index (χ1v) is 10.0. The van der Waals surface area contributed by atoms with Gasteiger partial charge in [0, 0.05) is 25.2 Å². The summed E-state index contributed by atoms with van der Waals surface area (Å²) < 4.78 is 31.2. The summed E-state index contributed by atoms with van der Waals surface area (Å²) in [6.07, 6.45) is -0.0981. The zero-order valence-electron chi connectivity index (χ0n) is 16.1. The molecule has 0 saturated heterocycles. The monoisotopic (exact) mass is 416 g/mol. The Labute approximate surface area is 167 Å². The molecule has 0 unspecified atom stereocenters. The molecule has 0 aliphatic rings. The number of hydrogen-bond acceptors (Lipinski definition) is 6. The van der Waals surface area contributed by atoms with Crippen molar-refractivity contribution in [3.8, 4) is 5.75 Å². The van der Waals surface area contributed by atoms with Crippen LogP contribution >= 0.6 is 0 Å². The van der Waals surface area contributed by atoms with Crippen LogP contribution in [0.2, 0.25) is 0 Å². The number of nitrogens with zero attached hydrogens (tertiary/aromatic N) is 2. The van der Waals surface area contributed by atoms with E-state index in [1.807, 2.05) is 0 Å². The SMILES string of the molecule is COc1ccc(NC(=O)Cc2n[nH]c(=O)c3ccccc23)cc1S(=O)(=O)N(C)C. The number of nitrogens with one attached hydrogen (secondary N) is 2. The summed E-state index contributed by atoms with van der Waals surface area (Å²) in [7, 11) is 0.424. The zero-order valence-corrected chi connectivity index (χ0v) is 16.9. The number of benzene rings is 2. The Morgan fingerprint density at radius 2 is 1.86 bits per heavy atom. The normalized spacial score (nSPS) is 11.6. The van der Waals surface area contributed by atoms with Gasteiger partial charge in [-0.25, -0.2) is 17.8 Å². The molecular formula is C19H20N4O5S. The fourth-order valence-corrected chi connectivity index (χ4v) is 3.89. The van der Waals surface area contributed by atoms with E-state index < -0.39 is 15.9 Å². The summed E-state index contributed by atoms with van der Waals surface area (Å²) in [6, 6.07) is 11.2. The van der Waals surface area contributed by atoms with Gasteiger partial charge in [0.15, 0.2) is 0 Å². The predicted octanol–water partition coefficient (Wildman–Crippen LogP) is 1.36. The molecule has 0 radical (unpaired) electrons. The highest BCUT2D eigenvalue weighted by Gasteiger charge is 2.23. The minimum Gasteiger partial charge on any atom is -0.495 e. The van der Waals surface area contributed by atoms with Crippen LogP contribution in [0.25, 0.3) is 10.8 Å². The first-order chi connectivity index (χ1) is 13.7. The second-order valence-corrected chi connectivity index (χ2v) is 8.54. The first-order valence-electron chi connectivity index (χ1n) is 8.60. The second kappa shape index (κ2) is 8.02. The lowest BCUT2D eigenvalue weighted by atomic mass is 10.1. The number of anilines is 1.